The maximum atomic E-state index is 11.1. The molecule has 1 N–H and O–H groups in total. The highest BCUT2D eigenvalue weighted by Gasteiger charge is 2.01. The quantitative estimate of drug-likeness (QED) is 0.738. The average molecular weight is 197 g/mol. The molecule has 1 aromatic rings. The van der Waals surface area contributed by atoms with Gasteiger partial charge in [-0.15, -0.1) is 0 Å². The molecule has 68 valence electrons. The number of hydrogen-bond donors (Lipinski definition) is 1. The van der Waals surface area contributed by atoms with Gasteiger partial charge in [0.15, 0.2) is 5.82 Å². The number of allylic oxidation sites excluding steroid dienone is 1. The molecule has 0 aliphatic carbocycles. The van der Waals surface area contributed by atoms with Crippen LogP contribution in [0.5, 0.6) is 0 Å². The molecule has 3 nitrogen and oxygen atoms in total. The van der Waals surface area contributed by atoms with Crippen molar-refractivity contribution in [3.05, 3.63) is 35.5 Å². The van der Waals surface area contributed by atoms with E-state index in [1.165, 1.54) is 6.08 Å². The lowest BCUT2D eigenvalue weighted by molar-refractivity contribution is -0.111. The molecule has 0 aromatic carbocycles. The van der Waals surface area contributed by atoms with E-state index < -0.39 is 0 Å². The second-order valence-electron chi connectivity index (χ2n) is 2.32. The van der Waals surface area contributed by atoms with Crippen molar-refractivity contribution in [3.8, 4) is 0 Å². The van der Waals surface area contributed by atoms with E-state index in [0.717, 1.165) is 0 Å². The number of amides is 1. The van der Waals surface area contributed by atoms with Gasteiger partial charge in [-0.05, 0) is 25.1 Å². The van der Waals surface area contributed by atoms with Crippen LogP contribution in [0.4, 0.5) is 5.82 Å². The van der Waals surface area contributed by atoms with Crippen LogP contribution >= 0.6 is 11.6 Å². The Morgan fingerprint density at radius 2 is 2.46 bits per heavy atom. The summed E-state index contributed by atoms with van der Waals surface area (Å²) < 4.78 is 0. The number of hydrogen-bond acceptors (Lipinski definition) is 2. The number of carbonyl (C=O) groups excluding carboxylic acids is 1. The summed E-state index contributed by atoms with van der Waals surface area (Å²) in [5, 5.41) is 2.97. The smallest absolute Gasteiger partial charge is 0.249 e. The number of rotatable bonds is 2. The summed E-state index contributed by atoms with van der Waals surface area (Å²) in [4.78, 5) is 15.0. The van der Waals surface area contributed by atoms with E-state index in [1.54, 1.807) is 31.3 Å². The lowest BCUT2D eigenvalue weighted by atomic mass is 10.4. The minimum absolute atomic E-state index is 0.233. The molecule has 1 rings (SSSR count). The molecule has 0 saturated heterocycles. The van der Waals surface area contributed by atoms with Crippen molar-refractivity contribution in [1.82, 2.24) is 4.98 Å². The Balaban J connectivity index is 2.74. The van der Waals surface area contributed by atoms with Crippen molar-refractivity contribution in [1.29, 1.82) is 0 Å². The second-order valence-corrected chi connectivity index (χ2v) is 2.73. The van der Waals surface area contributed by atoms with E-state index in [9.17, 15) is 4.79 Å². The van der Waals surface area contributed by atoms with Gasteiger partial charge < -0.3 is 5.32 Å². The molecule has 0 radical (unpaired) electrons. The summed E-state index contributed by atoms with van der Waals surface area (Å²) in [6.45, 7) is 1.76. The summed E-state index contributed by atoms with van der Waals surface area (Å²) in [7, 11) is 0. The summed E-state index contributed by atoms with van der Waals surface area (Å²) >= 11 is 5.77. The summed E-state index contributed by atoms with van der Waals surface area (Å²) in [5.41, 5.74) is 0. The fourth-order valence-corrected chi connectivity index (χ4v) is 0.956. The summed E-state index contributed by atoms with van der Waals surface area (Å²) in [5.74, 6) is 0.148. The average Bonchev–Trinajstić information content (AvgIpc) is 2.09. The Bertz CT molecular complexity index is 336. The number of carbonyl (C=O) groups is 1. The number of anilines is 1. The molecule has 0 fully saturated rings. The molecule has 0 saturated carbocycles. The van der Waals surface area contributed by atoms with E-state index >= 15 is 0 Å². The molecule has 0 bridgehead atoms. The topological polar surface area (TPSA) is 42.0 Å². The highest BCUT2D eigenvalue weighted by molar-refractivity contribution is 6.33. The normalized spacial score (nSPS) is 10.3. The maximum Gasteiger partial charge on any atom is 0.249 e. The monoisotopic (exact) mass is 196 g/mol. The molecule has 0 unspecified atom stereocenters. The van der Waals surface area contributed by atoms with E-state index in [-0.39, 0.29) is 5.91 Å². The maximum absolute atomic E-state index is 11.1. The van der Waals surface area contributed by atoms with Crippen LogP contribution in [0.25, 0.3) is 0 Å². The van der Waals surface area contributed by atoms with Crippen molar-refractivity contribution in [2.45, 2.75) is 6.92 Å². The predicted molar refractivity (Wildman–Crippen MR) is 52.7 cm³/mol. The molecule has 13 heavy (non-hydrogen) atoms. The summed E-state index contributed by atoms with van der Waals surface area (Å²) in [6, 6.07) is 3.37. The van der Waals surface area contributed by atoms with Crippen LogP contribution in [-0.2, 0) is 4.79 Å². The first-order valence-corrected chi connectivity index (χ1v) is 4.16. The molecule has 1 heterocycles. The summed E-state index contributed by atoms with van der Waals surface area (Å²) in [6.07, 6.45) is 4.62. The van der Waals surface area contributed by atoms with Crippen LogP contribution in [0.1, 0.15) is 6.92 Å². The first-order chi connectivity index (χ1) is 6.24. The Morgan fingerprint density at radius 3 is 3.08 bits per heavy atom. The van der Waals surface area contributed by atoms with Crippen molar-refractivity contribution in [2.75, 3.05) is 5.32 Å². The van der Waals surface area contributed by atoms with Gasteiger partial charge in [0, 0.05) is 6.20 Å². The van der Waals surface area contributed by atoms with E-state index in [0.29, 0.717) is 10.8 Å². The van der Waals surface area contributed by atoms with Gasteiger partial charge >= 0.3 is 0 Å². The molecule has 0 aliphatic heterocycles. The van der Waals surface area contributed by atoms with Gasteiger partial charge in [-0.2, -0.15) is 0 Å². The van der Waals surface area contributed by atoms with Crippen LogP contribution in [0.3, 0.4) is 0 Å². The van der Waals surface area contributed by atoms with Gasteiger partial charge in [-0.1, -0.05) is 17.7 Å². The fourth-order valence-electron chi connectivity index (χ4n) is 0.787. The Kier molecular flexibility index (Phi) is 3.46. The lowest BCUT2D eigenvalue weighted by Gasteiger charge is -2.01. The zero-order valence-electron chi connectivity index (χ0n) is 7.12. The second kappa shape index (κ2) is 4.62. The molecular formula is C9H9ClN2O. The van der Waals surface area contributed by atoms with E-state index in [2.05, 4.69) is 10.3 Å². The van der Waals surface area contributed by atoms with Gasteiger partial charge in [0.25, 0.3) is 0 Å². The van der Waals surface area contributed by atoms with Crippen LogP contribution in [0.2, 0.25) is 5.02 Å². The molecule has 1 aromatic heterocycles. The van der Waals surface area contributed by atoms with Gasteiger partial charge in [-0.25, -0.2) is 4.98 Å². The fraction of sp³-hybridized carbons (Fsp3) is 0.111. The first kappa shape index (κ1) is 9.74. The highest BCUT2D eigenvalue weighted by atomic mass is 35.5. The minimum Gasteiger partial charge on any atom is -0.306 e. The zero-order chi connectivity index (χ0) is 9.68. The zero-order valence-corrected chi connectivity index (χ0v) is 7.88. The van der Waals surface area contributed by atoms with E-state index in [1.807, 2.05) is 0 Å². The minimum atomic E-state index is -0.233. The third kappa shape index (κ3) is 2.87. The largest absolute Gasteiger partial charge is 0.306 e. The van der Waals surface area contributed by atoms with Crippen LogP contribution in [0, 0.1) is 0 Å². The van der Waals surface area contributed by atoms with Crippen molar-refractivity contribution < 1.29 is 4.79 Å². The number of nitrogens with zero attached hydrogens (tertiary/aromatic N) is 1. The molecule has 0 spiro atoms. The number of nitrogens with one attached hydrogen (secondary N) is 1. The Morgan fingerprint density at radius 1 is 1.69 bits per heavy atom. The van der Waals surface area contributed by atoms with E-state index in [4.69, 9.17) is 11.6 Å². The first-order valence-electron chi connectivity index (χ1n) is 3.78. The third-order valence-corrected chi connectivity index (χ3v) is 1.62. The van der Waals surface area contributed by atoms with Gasteiger partial charge in [-0.3, -0.25) is 4.79 Å². The number of halogens is 1. The van der Waals surface area contributed by atoms with Crippen molar-refractivity contribution in [3.63, 3.8) is 0 Å². The molecular weight excluding hydrogens is 188 g/mol. The lowest BCUT2D eigenvalue weighted by Crippen LogP contribution is -2.09. The molecule has 0 aliphatic rings. The Hall–Kier alpha value is -1.35. The SMILES string of the molecule is C/C=C/C(=O)Nc1ncccc1Cl. The van der Waals surface area contributed by atoms with Crippen molar-refractivity contribution in [2.24, 2.45) is 0 Å². The van der Waals surface area contributed by atoms with Crippen LogP contribution in [0.15, 0.2) is 30.5 Å². The van der Waals surface area contributed by atoms with Crippen LogP contribution in [-0.4, -0.2) is 10.9 Å². The highest BCUT2D eigenvalue weighted by Crippen LogP contribution is 2.16. The van der Waals surface area contributed by atoms with Gasteiger partial charge in [0.05, 0.1) is 5.02 Å². The van der Waals surface area contributed by atoms with Crippen molar-refractivity contribution >= 4 is 23.3 Å². The molecule has 0 atom stereocenters. The number of pyridine rings is 1. The standard InChI is InChI=1S/C9H9ClN2O/c1-2-4-8(13)12-9-7(10)5-3-6-11-9/h2-6H,1H3,(H,11,12,13)/b4-2+. The number of aromatic nitrogens is 1. The molecule has 1 amide bonds. The predicted octanol–water partition coefficient (Wildman–Crippen LogP) is 2.25. The Labute approximate surface area is 81.4 Å². The van der Waals surface area contributed by atoms with Gasteiger partial charge in [0.1, 0.15) is 0 Å². The van der Waals surface area contributed by atoms with Crippen LogP contribution < -0.4 is 5.32 Å². The van der Waals surface area contributed by atoms with Gasteiger partial charge in [0.2, 0.25) is 5.91 Å². The third-order valence-electron chi connectivity index (χ3n) is 1.32. The molecule has 4 heteroatoms.